The van der Waals surface area contributed by atoms with Crippen molar-refractivity contribution in [2.75, 3.05) is 19.6 Å². The molecule has 0 radical (unpaired) electrons. The summed E-state index contributed by atoms with van der Waals surface area (Å²) in [5.41, 5.74) is 2.89. The molecule has 3 heteroatoms. The fraction of sp³-hybridized carbons (Fsp3) is 0.556. The number of piperidine rings is 1. The Balaban J connectivity index is 1.41. The van der Waals surface area contributed by atoms with Crippen molar-refractivity contribution in [2.45, 2.75) is 44.8 Å². The lowest BCUT2D eigenvalue weighted by molar-refractivity contribution is 0.206. The molecule has 2 aliphatic rings. The van der Waals surface area contributed by atoms with Crippen molar-refractivity contribution in [3.05, 3.63) is 36.0 Å². The summed E-state index contributed by atoms with van der Waals surface area (Å²) in [4.78, 5) is 2.63. The zero-order valence-electron chi connectivity index (χ0n) is 12.7. The maximum Gasteiger partial charge on any atom is 0.0483 e. The number of benzene rings is 1. The number of fused-ring (bicyclic) bond motifs is 3. The monoisotopic (exact) mass is 283 g/mol. The SMILES string of the molecule is c1ccc2c(c1)cc1n2CCN(CCC2CCCCN2)C1. The maximum atomic E-state index is 3.67. The van der Waals surface area contributed by atoms with E-state index in [1.165, 1.54) is 61.9 Å². The Morgan fingerprint density at radius 1 is 1.14 bits per heavy atom. The quantitative estimate of drug-likeness (QED) is 0.934. The summed E-state index contributed by atoms with van der Waals surface area (Å²) in [7, 11) is 0. The number of hydrogen-bond donors (Lipinski definition) is 1. The molecule has 3 heterocycles. The summed E-state index contributed by atoms with van der Waals surface area (Å²) in [6.07, 6.45) is 5.44. The minimum atomic E-state index is 0.756. The van der Waals surface area contributed by atoms with Crippen LogP contribution in [0, 0.1) is 0 Å². The molecule has 2 aromatic rings. The van der Waals surface area contributed by atoms with Gasteiger partial charge >= 0.3 is 0 Å². The largest absolute Gasteiger partial charge is 0.342 e. The Bertz CT molecular complexity index is 610. The number of nitrogens with one attached hydrogen (secondary N) is 1. The zero-order valence-corrected chi connectivity index (χ0v) is 12.7. The molecule has 0 amide bonds. The second-order valence-corrected chi connectivity index (χ2v) is 6.56. The summed E-state index contributed by atoms with van der Waals surface area (Å²) in [5.74, 6) is 0. The molecule has 2 aliphatic heterocycles. The molecule has 21 heavy (non-hydrogen) atoms. The number of aromatic nitrogens is 1. The number of rotatable bonds is 3. The number of hydrogen-bond acceptors (Lipinski definition) is 2. The normalized spacial score (nSPS) is 23.3. The summed E-state index contributed by atoms with van der Waals surface area (Å²) in [6, 6.07) is 11.9. The van der Waals surface area contributed by atoms with Crippen LogP contribution in [-0.2, 0) is 13.1 Å². The van der Waals surface area contributed by atoms with Gasteiger partial charge in [0.1, 0.15) is 0 Å². The van der Waals surface area contributed by atoms with Crippen LogP contribution in [0.3, 0.4) is 0 Å². The van der Waals surface area contributed by atoms with Crippen molar-refractivity contribution >= 4 is 10.9 Å². The molecule has 0 aliphatic carbocycles. The highest BCUT2D eigenvalue weighted by Crippen LogP contribution is 2.24. The van der Waals surface area contributed by atoms with Crippen molar-refractivity contribution in [1.29, 1.82) is 0 Å². The molecule has 4 rings (SSSR count). The van der Waals surface area contributed by atoms with Crippen LogP contribution in [0.25, 0.3) is 10.9 Å². The van der Waals surface area contributed by atoms with Crippen LogP contribution >= 0.6 is 0 Å². The first-order chi connectivity index (χ1) is 10.4. The summed E-state index contributed by atoms with van der Waals surface area (Å²) in [6.45, 7) is 5.90. The van der Waals surface area contributed by atoms with Gasteiger partial charge < -0.3 is 9.88 Å². The predicted molar refractivity (Wildman–Crippen MR) is 87.5 cm³/mol. The first-order valence-electron chi connectivity index (χ1n) is 8.43. The second-order valence-electron chi connectivity index (χ2n) is 6.56. The molecule has 3 nitrogen and oxygen atoms in total. The van der Waals surface area contributed by atoms with E-state index in [4.69, 9.17) is 0 Å². The molecule has 0 spiro atoms. The van der Waals surface area contributed by atoms with Gasteiger partial charge in [-0.05, 0) is 43.3 Å². The van der Waals surface area contributed by atoms with E-state index in [1.54, 1.807) is 0 Å². The van der Waals surface area contributed by atoms with E-state index in [-0.39, 0.29) is 0 Å². The fourth-order valence-electron chi connectivity index (χ4n) is 3.91. The average molecular weight is 283 g/mol. The molecule has 1 aromatic heterocycles. The Hall–Kier alpha value is -1.32. The summed E-state index contributed by atoms with van der Waals surface area (Å²) >= 11 is 0. The third-order valence-electron chi connectivity index (χ3n) is 5.13. The van der Waals surface area contributed by atoms with Crippen LogP contribution in [-0.4, -0.2) is 35.1 Å². The smallest absolute Gasteiger partial charge is 0.0483 e. The van der Waals surface area contributed by atoms with Crippen LogP contribution < -0.4 is 5.32 Å². The third kappa shape index (κ3) is 2.72. The van der Waals surface area contributed by atoms with E-state index in [0.29, 0.717) is 0 Å². The van der Waals surface area contributed by atoms with Gasteiger partial charge in [-0.25, -0.2) is 0 Å². The van der Waals surface area contributed by atoms with Crippen LogP contribution in [0.1, 0.15) is 31.4 Å². The van der Waals surface area contributed by atoms with Gasteiger partial charge in [-0.1, -0.05) is 24.6 Å². The van der Waals surface area contributed by atoms with Crippen molar-refractivity contribution < 1.29 is 0 Å². The topological polar surface area (TPSA) is 20.2 Å². The van der Waals surface area contributed by atoms with E-state index in [9.17, 15) is 0 Å². The summed E-state index contributed by atoms with van der Waals surface area (Å²) < 4.78 is 2.50. The van der Waals surface area contributed by atoms with Crippen LogP contribution in [0.5, 0.6) is 0 Å². The molecule has 1 saturated heterocycles. The highest BCUT2D eigenvalue weighted by molar-refractivity contribution is 5.81. The van der Waals surface area contributed by atoms with Crippen LogP contribution in [0.2, 0.25) is 0 Å². The van der Waals surface area contributed by atoms with Gasteiger partial charge in [-0.15, -0.1) is 0 Å². The van der Waals surface area contributed by atoms with E-state index in [0.717, 1.165) is 19.1 Å². The second kappa shape index (κ2) is 5.82. The van der Waals surface area contributed by atoms with Crippen molar-refractivity contribution in [3.63, 3.8) is 0 Å². The van der Waals surface area contributed by atoms with Gasteiger partial charge in [0.25, 0.3) is 0 Å². The molecule has 1 N–H and O–H groups in total. The zero-order chi connectivity index (χ0) is 14.1. The van der Waals surface area contributed by atoms with Gasteiger partial charge in [0.05, 0.1) is 0 Å². The molecule has 0 saturated carbocycles. The highest BCUT2D eigenvalue weighted by Gasteiger charge is 2.20. The molecule has 1 aromatic carbocycles. The van der Waals surface area contributed by atoms with E-state index in [1.807, 2.05) is 0 Å². The molecule has 1 unspecified atom stereocenters. The Morgan fingerprint density at radius 3 is 3.00 bits per heavy atom. The average Bonchev–Trinajstić information content (AvgIpc) is 2.91. The lowest BCUT2D eigenvalue weighted by Gasteiger charge is -2.31. The Morgan fingerprint density at radius 2 is 2.10 bits per heavy atom. The van der Waals surface area contributed by atoms with E-state index >= 15 is 0 Å². The molecule has 112 valence electrons. The number of para-hydroxylation sites is 1. The van der Waals surface area contributed by atoms with Gasteiger partial charge in [0, 0.05) is 43.4 Å². The van der Waals surface area contributed by atoms with Gasteiger partial charge in [0.15, 0.2) is 0 Å². The predicted octanol–water partition coefficient (Wildman–Crippen LogP) is 2.99. The molecular weight excluding hydrogens is 258 g/mol. The molecule has 1 atom stereocenters. The molecule has 1 fully saturated rings. The number of nitrogens with zero attached hydrogens (tertiary/aromatic N) is 2. The molecular formula is C18H25N3. The van der Waals surface area contributed by atoms with E-state index in [2.05, 4.69) is 45.1 Å². The lowest BCUT2D eigenvalue weighted by Crippen LogP contribution is -2.39. The van der Waals surface area contributed by atoms with Gasteiger partial charge in [0.2, 0.25) is 0 Å². The lowest BCUT2D eigenvalue weighted by atomic mass is 10.0. The van der Waals surface area contributed by atoms with Crippen molar-refractivity contribution in [2.24, 2.45) is 0 Å². The van der Waals surface area contributed by atoms with Crippen molar-refractivity contribution in [3.8, 4) is 0 Å². The van der Waals surface area contributed by atoms with Crippen molar-refractivity contribution in [1.82, 2.24) is 14.8 Å². The highest BCUT2D eigenvalue weighted by atomic mass is 15.2. The van der Waals surface area contributed by atoms with Gasteiger partial charge in [-0.2, -0.15) is 0 Å². The Kier molecular flexibility index (Phi) is 3.70. The summed E-state index contributed by atoms with van der Waals surface area (Å²) in [5, 5.41) is 5.06. The first-order valence-corrected chi connectivity index (χ1v) is 8.43. The minimum absolute atomic E-state index is 0.756. The van der Waals surface area contributed by atoms with Crippen LogP contribution in [0.15, 0.2) is 30.3 Å². The van der Waals surface area contributed by atoms with Crippen LogP contribution in [0.4, 0.5) is 0 Å². The Labute approximate surface area is 126 Å². The minimum Gasteiger partial charge on any atom is -0.342 e. The third-order valence-corrected chi connectivity index (χ3v) is 5.13. The maximum absolute atomic E-state index is 3.67. The van der Waals surface area contributed by atoms with E-state index < -0.39 is 0 Å². The fourth-order valence-corrected chi connectivity index (χ4v) is 3.91. The molecule has 0 bridgehead atoms. The standard InChI is InChI=1S/C18H25N3/c1-2-7-18-15(5-1)13-17-14-20(11-12-21(17)18)10-8-16-6-3-4-9-19-16/h1-2,5,7,13,16,19H,3-4,6,8-12,14H2. The van der Waals surface area contributed by atoms with Gasteiger partial charge in [-0.3, -0.25) is 4.90 Å². The first kappa shape index (κ1) is 13.4.